The van der Waals surface area contributed by atoms with Gasteiger partial charge in [0.05, 0.1) is 7.11 Å². The minimum absolute atomic E-state index is 0.0496. The van der Waals surface area contributed by atoms with Crippen LogP contribution in [0.15, 0.2) is 6.07 Å². The second-order valence-corrected chi connectivity index (χ2v) is 4.89. The predicted molar refractivity (Wildman–Crippen MR) is 68.7 cm³/mol. The van der Waals surface area contributed by atoms with Gasteiger partial charge in [-0.1, -0.05) is 6.42 Å². The average Bonchev–Trinajstić information content (AvgIpc) is 2.36. The van der Waals surface area contributed by atoms with E-state index in [1.807, 2.05) is 6.92 Å². The largest absolute Gasteiger partial charge is 0.504 e. The second-order valence-electron chi connectivity index (χ2n) is 4.89. The summed E-state index contributed by atoms with van der Waals surface area (Å²) in [4.78, 5) is 0. The van der Waals surface area contributed by atoms with Gasteiger partial charge in [-0.2, -0.15) is 0 Å². The topological polar surface area (TPSA) is 41.5 Å². The lowest BCUT2D eigenvalue weighted by atomic mass is 9.94. The summed E-state index contributed by atoms with van der Waals surface area (Å²) >= 11 is 0. The van der Waals surface area contributed by atoms with Crippen molar-refractivity contribution in [3.05, 3.63) is 23.0 Å². The first-order valence-corrected chi connectivity index (χ1v) is 6.41. The summed E-state index contributed by atoms with van der Waals surface area (Å²) in [5, 5.41) is 13.5. The molecule has 2 rings (SSSR count). The number of piperidine rings is 1. The number of ether oxygens (including phenoxy) is 1. The number of aromatic hydroxyl groups is 1. The van der Waals surface area contributed by atoms with Crippen molar-refractivity contribution >= 4 is 0 Å². The van der Waals surface area contributed by atoms with Crippen LogP contribution in [0.25, 0.3) is 0 Å². The maximum atomic E-state index is 13.6. The quantitative estimate of drug-likeness (QED) is 0.869. The Hall–Kier alpha value is -1.29. The van der Waals surface area contributed by atoms with Gasteiger partial charge in [-0.15, -0.1) is 0 Å². The Labute approximate surface area is 107 Å². The molecule has 0 radical (unpaired) electrons. The fourth-order valence-corrected chi connectivity index (χ4v) is 2.58. The van der Waals surface area contributed by atoms with E-state index < -0.39 is 5.82 Å². The molecule has 0 amide bonds. The third kappa shape index (κ3) is 2.58. The van der Waals surface area contributed by atoms with E-state index in [0.717, 1.165) is 24.1 Å². The van der Waals surface area contributed by atoms with Gasteiger partial charge >= 0.3 is 0 Å². The second kappa shape index (κ2) is 5.57. The lowest BCUT2D eigenvalue weighted by Gasteiger charge is -2.25. The molecule has 0 bridgehead atoms. The number of phenolic OH excluding ortho intramolecular Hbond substituents is 1. The lowest BCUT2D eigenvalue weighted by Crippen LogP contribution is -2.35. The summed E-state index contributed by atoms with van der Waals surface area (Å²) in [6.07, 6.45) is 4.22. The monoisotopic (exact) mass is 253 g/mol. The molecule has 1 heterocycles. The van der Waals surface area contributed by atoms with Crippen LogP contribution in [0.5, 0.6) is 11.5 Å². The highest BCUT2D eigenvalue weighted by atomic mass is 19.1. The number of methoxy groups -OCH3 is 1. The Kier molecular flexibility index (Phi) is 4.07. The molecule has 1 aromatic rings. The Bertz CT molecular complexity index is 428. The SMILES string of the molecule is COc1c(F)cc(C)c(CC2CCCCN2)c1O. The highest BCUT2D eigenvalue weighted by molar-refractivity contribution is 5.50. The van der Waals surface area contributed by atoms with E-state index >= 15 is 0 Å². The third-order valence-electron chi connectivity index (χ3n) is 3.60. The van der Waals surface area contributed by atoms with Crippen molar-refractivity contribution in [3.8, 4) is 11.5 Å². The van der Waals surface area contributed by atoms with E-state index in [4.69, 9.17) is 4.74 Å². The molecule has 1 aliphatic rings. The molecule has 1 fully saturated rings. The van der Waals surface area contributed by atoms with E-state index in [0.29, 0.717) is 12.5 Å². The zero-order valence-electron chi connectivity index (χ0n) is 10.9. The Morgan fingerprint density at radius 3 is 2.89 bits per heavy atom. The predicted octanol–water partition coefficient (Wildman–Crippen LogP) is 2.53. The van der Waals surface area contributed by atoms with Gasteiger partial charge in [-0.05, 0) is 44.4 Å². The minimum Gasteiger partial charge on any atom is -0.504 e. The van der Waals surface area contributed by atoms with Crippen molar-refractivity contribution in [1.29, 1.82) is 0 Å². The van der Waals surface area contributed by atoms with Gasteiger partial charge in [0, 0.05) is 11.6 Å². The van der Waals surface area contributed by atoms with Gasteiger partial charge in [-0.25, -0.2) is 4.39 Å². The van der Waals surface area contributed by atoms with Crippen LogP contribution in [-0.2, 0) is 6.42 Å². The summed E-state index contributed by atoms with van der Waals surface area (Å²) in [7, 11) is 1.37. The van der Waals surface area contributed by atoms with E-state index in [9.17, 15) is 9.50 Å². The molecule has 2 N–H and O–H groups in total. The van der Waals surface area contributed by atoms with Crippen molar-refractivity contribution in [1.82, 2.24) is 5.32 Å². The standard InChI is InChI=1S/C14H20FNO2/c1-9-7-12(15)14(18-2)13(17)11(9)8-10-5-3-4-6-16-10/h7,10,16-17H,3-6,8H2,1-2H3. The normalized spacial score (nSPS) is 19.8. The van der Waals surface area contributed by atoms with Crippen LogP contribution in [0.3, 0.4) is 0 Å². The zero-order valence-corrected chi connectivity index (χ0v) is 10.9. The summed E-state index contributed by atoms with van der Waals surface area (Å²) in [5.74, 6) is -0.610. The number of phenols is 1. The molecule has 18 heavy (non-hydrogen) atoms. The molecule has 1 atom stereocenters. The van der Waals surface area contributed by atoms with Crippen LogP contribution >= 0.6 is 0 Å². The maximum Gasteiger partial charge on any atom is 0.196 e. The van der Waals surface area contributed by atoms with E-state index in [1.165, 1.54) is 26.0 Å². The van der Waals surface area contributed by atoms with Crippen LogP contribution in [0.2, 0.25) is 0 Å². The number of rotatable bonds is 3. The van der Waals surface area contributed by atoms with Gasteiger partial charge in [0.25, 0.3) is 0 Å². The molecule has 0 saturated carbocycles. The Balaban J connectivity index is 2.26. The van der Waals surface area contributed by atoms with Crippen LogP contribution < -0.4 is 10.1 Å². The number of hydrogen-bond acceptors (Lipinski definition) is 3. The molecular formula is C14H20FNO2. The molecule has 1 saturated heterocycles. The van der Waals surface area contributed by atoms with Gasteiger partial charge in [0.2, 0.25) is 0 Å². The van der Waals surface area contributed by atoms with Gasteiger partial charge in [-0.3, -0.25) is 0 Å². The number of aryl methyl sites for hydroxylation is 1. The summed E-state index contributed by atoms with van der Waals surface area (Å²) in [6.45, 7) is 2.84. The summed E-state index contributed by atoms with van der Waals surface area (Å²) in [5.41, 5.74) is 1.56. The molecule has 1 aromatic carbocycles. The Morgan fingerprint density at radius 2 is 2.28 bits per heavy atom. The van der Waals surface area contributed by atoms with Crippen LogP contribution in [0.1, 0.15) is 30.4 Å². The molecule has 1 unspecified atom stereocenters. The highest BCUT2D eigenvalue weighted by Crippen LogP contribution is 2.36. The average molecular weight is 253 g/mol. The van der Waals surface area contributed by atoms with Gasteiger partial charge < -0.3 is 15.2 Å². The zero-order chi connectivity index (χ0) is 13.1. The maximum absolute atomic E-state index is 13.6. The third-order valence-corrected chi connectivity index (χ3v) is 3.60. The molecule has 1 aliphatic heterocycles. The van der Waals surface area contributed by atoms with Crippen LogP contribution in [0.4, 0.5) is 4.39 Å². The first-order valence-electron chi connectivity index (χ1n) is 6.41. The smallest absolute Gasteiger partial charge is 0.196 e. The van der Waals surface area contributed by atoms with E-state index in [-0.39, 0.29) is 11.5 Å². The van der Waals surface area contributed by atoms with Crippen LogP contribution in [0, 0.1) is 12.7 Å². The van der Waals surface area contributed by atoms with E-state index in [1.54, 1.807) is 0 Å². The minimum atomic E-state index is -0.507. The lowest BCUT2D eigenvalue weighted by molar-refractivity contribution is 0.343. The first kappa shape index (κ1) is 13.1. The Morgan fingerprint density at radius 1 is 1.50 bits per heavy atom. The van der Waals surface area contributed by atoms with Crippen molar-refractivity contribution < 1.29 is 14.2 Å². The number of halogens is 1. The molecule has 100 valence electrons. The molecule has 3 nitrogen and oxygen atoms in total. The molecule has 0 spiro atoms. The summed E-state index contributed by atoms with van der Waals surface area (Å²) in [6, 6.07) is 1.79. The fourth-order valence-electron chi connectivity index (χ4n) is 2.58. The highest BCUT2D eigenvalue weighted by Gasteiger charge is 2.20. The van der Waals surface area contributed by atoms with Crippen LogP contribution in [-0.4, -0.2) is 24.8 Å². The summed E-state index contributed by atoms with van der Waals surface area (Å²) < 4.78 is 18.5. The van der Waals surface area contributed by atoms with Crippen molar-refractivity contribution in [2.75, 3.05) is 13.7 Å². The molecule has 0 aromatic heterocycles. The van der Waals surface area contributed by atoms with Crippen molar-refractivity contribution in [2.45, 2.75) is 38.6 Å². The van der Waals surface area contributed by atoms with E-state index in [2.05, 4.69) is 5.32 Å². The fraction of sp³-hybridized carbons (Fsp3) is 0.571. The molecule has 4 heteroatoms. The number of nitrogens with one attached hydrogen (secondary N) is 1. The molecule has 0 aliphatic carbocycles. The number of hydrogen-bond donors (Lipinski definition) is 2. The number of benzene rings is 1. The van der Waals surface area contributed by atoms with Gasteiger partial charge in [0.1, 0.15) is 0 Å². The van der Waals surface area contributed by atoms with Crippen molar-refractivity contribution in [2.24, 2.45) is 0 Å². The first-order chi connectivity index (χ1) is 8.63. The van der Waals surface area contributed by atoms with Gasteiger partial charge in [0.15, 0.2) is 17.3 Å². The van der Waals surface area contributed by atoms with Crippen molar-refractivity contribution in [3.63, 3.8) is 0 Å². The molecular weight excluding hydrogens is 233 g/mol.